The van der Waals surface area contributed by atoms with Crippen molar-refractivity contribution in [1.29, 1.82) is 0 Å². The molecule has 3 aromatic rings. The number of amides is 1. The van der Waals surface area contributed by atoms with E-state index in [2.05, 4.69) is 20.5 Å². The number of pyridine rings is 1. The second-order valence-corrected chi connectivity index (χ2v) is 7.55. The number of anilines is 1. The first-order chi connectivity index (χ1) is 13.6. The molecule has 0 atom stereocenters. The maximum Gasteiger partial charge on any atom is 0.417 e. The van der Waals surface area contributed by atoms with Gasteiger partial charge in [-0.1, -0.05) is 35.0 Å². The van der Waals surface area contributed by atoms with Crippen LogP contribution >= 0.6 is 35.0 Å². The third kappa shape index (κ3) is 5.20. The summed E-state index contributed by atoms with van der Waals surface area (Å²) in [5.74, 6) is -0.0418. The molecule has 1 aromatic carbocycles. The van der Waals surface area contributed by atoms with Crippen molar-refractivity contribution in [2.45, 2.75) is 11.3 Å². The molecule has 0 spiro atoms. The van der Waals surface area contributed by atoms with Crippen LogP contribution in [0.3, 0.4) is 0 Å². The molecule has 29 heavy (non-hydrogen) atoms. The number of aromatic nitrogens is 4. The van der Waals surface area contributed by atoms with Gasteiger partial charge in [-0.25, -0.2) is 0 Å². The van der Waals surface area contributed by atoms with Gasteiger partial charge in [-0.3, -0.25) is 9.78 Å². The minimum atomic E-state index is -4.55. The highest BCUT2D eigenvalue weighted by Gasteiger charge is 2.32. The van der Waals surface area contributed by atoms with E-state index >= 15 is 0 Å². The molecule has 152 valence electrons. The van der Waals surface area contributed by atoms with Gasteiger partial charge < -0.3 is 9.88 Å². The van der Waals surface area contributed by atoms with Crippen LogP contribution in [0.4, 0.5) is 18.9 Å². The number of hydrogen-bond acceptors (Lipinski definition) is 5. The number of rotatable bonds is 5. The van der Waals surface area contributed by atoms with Crippen molar-refractivity contribution in [3.8, 4) is 11.5 Å². The third-order valence-corrected chi connectivity index (χ3v) is 5.24. The zero-order valence-corrected chi connectivity index (χ0v) is 17.0. The summed E-state index contributed by atoms with van der Waals surface area (Å²) in [4.78, 5) is 15.9. The van der Waals surface area contributed by atoms with Crippen molar-refractivity contribution in [3.63, 3.8) is 0 Å². The van der Waals surface area contributed by atoms with E-state index in [1.807, 2.05) is 0 Å². The number of carbonyl (C=O) groups excluding carboxylic acids is 1. The maximum atomic E-state index is 12.8. The van der Waals surface area contributed by atoms with E-state index in [0.717, 1.165) is 17.8 Å². The summed E-state index contributed by atoms with van der Waals surface area (Å²) >= 11 is 12.9. The minimum absolute atomic E-state index is 0.0444. The van der Waals surface area contributed by atoms with Crippen LogP contribution < -0.4 is 5.32 Å². The zero-order chi connectivity index (χ0) is 21.2. The fraction of sp³-hybridized carbons (Fsp3) is 0.176. The Morgan fingerprint density at radius 2 is 1.90 bits per heavy atom. The van der Waals surface area contributed by atoms with E-state index < -0.39 is 11.7 Å². The normalized spacial score (nSPS) is 11.5. The Morgan fingerprint density at radius 3 is 2.52 bits per heavy atom. The summed E-state index contributed by atoms with van der Waals surface area (Å²) in [7, 11) is 1.60. The molecule has 0 radical (unpaired) electrons. The quantitative estimate of drug-likeness (QED) is 0.545. The van der Waals surface area contributed by atoms with Crippen LogP contribution in [-0.2, 0) is 18.0 Å². The van der Waals surface area contributed by atoms with E-state index in [1.54, 1.807) is 31.3 Å². The van der Waals surface area contributed by atoms with Crippen LogP contribution in [0.2, 0.25) is 10.0 Å². The Hall–Kier alpha value is -2.30. The first-order valence-electron chi connectivity index (χ1n) is 7.96. The molecule has 1 N–H and O–H groups in total. The second kappa shape index (κ2) is 8.60. The average molecular weight is 462 g/mol. The van der Waals surface area contributed by atoms with Gasteiger partial charge >= 0.3 is 6.18 Å². The van der Waals surface area contributed by atoms with E-state index in [0.29, 0.717) is 22.1 Å². The van der Waals surface area contributed by atoms with Gasteiger partial charge in [0.15, 0.2) is 11.0 Å². The van der Waals surface area contributed by atoms with Crippen molar-refractivity contribution in [1.82, 2.24) is 19.7 Å². The molecule has 0 aliphatic rings. The van der Waals surface area contributed by atoms with E-state index in [9.17, 15) is 18.0 Å². The summed E-state index contributed by atoms with van der Waals surface area (Å²) in [6.07, 6.45) is -3.87. The molecule has 1 amide bonds. The maximum absolute atomic E-state index is 12.8. The second-order valence-electron chi connectivity index (χ2n) is 5.76. The van der Waals surface area contributed by atoms with Crippen molar-refractivity contribution in [2.75, 3.05) is 11.1 Å². The fourth-order valence-electron chi connectivity index (χ4n) is 2.26. The molecule has 0 bridgehead atoms. The standard InChI is InChI=1S/C17H12Cl2F3N5OS/c1-27-15(14-12(19)6-9(7-23-14)17(20,21)22)25-26-16(27)29-8-13(28)24-11-4-2-10(18)3-5-11/h2-7H,8H2,1H3,(H,24,28). The zero-order valence-electron chi connectivity index (χ0n) is 14.7. The van der Waals surface area contributed by atoms with Crippen molar-refractivity contribution in [2.24, 2.45) is 7.05 Å². The van der Waals surface area contributed by atoms with Gasteiger partial charge in [0.25, 0.3) is 0 Å². The van der Waals surface area contributed by atoms with Gasteiger partial charge in [-0.2, -0.15) is 13.2 Å². The predicted molar refractivity (Wildman–Crippen MR) is 105 cm³/mol. The van der Waals surface area contributed by atoms with Crippen LogP contribution in [0.5, 0.6) is 0 Å². The van der Waals surface area contributed by atoms with E-state index in [4.69, 9.17) is 23.2 Å². The number of carbonyl (C=O) groups is 1. The SMILES string of the molecule is Cn1c(SCC(=O)Nc2ccc(Cl)cc2)nnc1-c1ncc(C(F)(F)F)cc1Cl. The third-order valence-electron chi connectivity index (χ3n) is 3.68. The molecule has 0 aliphatic carbocycles. The molecule has 12 heteroatoms. The lowest BCUT2D eigenvalue weighted by Crippen LogP contribution is -2.14. The molecule has 6 nitrogen and oxygen atoms in total. The fourth-order valence-corrected chi connectivity index (χ4v) is 3.35. The Kier molecular flexibility index (Phi) is 6.35. The molecule has 0 fully saturated rings. The highest BCUT2D eigenvalue weighted by atomic mass is 35.5. The Labute approximate surface area is 177 Å². The Morgan fingerprint density at radius 1 is 1.21 bits per heavy atom. The lowest BCUT2D eigenvalue weighted by Gasteiger charge is -2.09. The van der Waals surface area contributed by atoms with Crippen LogP contribution in [-0.4, -0.2) is 31.4 Å². The number of alkyl halides is 3. The van der Waals surface area contributed by atoms with Crippen molar-refractivity contribution in [3.05, 3.63) is 52.1 Å². The van der Waals surface area contributed by atoms with Gasteiger partial charge in [0.2, 0.25) is 5.91 Å². The molecule has 0 saturated carbocycles. The van der Waals surface area contributed by atoms with Crippen LogP contribution in [0.25, 0.3) is 11.5 Å². The Bertz CT molecular complexity index is 1040. The number of halogens is 5. The summed E-state index contributed by atoms with van der Waals surface area (Å²) in [5.41, 5.74) is -0.298. The molecular formula is C17H12Cl2F3N5OS. The van der Waals surface area contributed by atoms with Gasteiger partial charge in [0, 0.05) is 24.0 Å². The predicted octanol–water partition coefficient (Wildman–Crippen LogP) is 4.93. The van der Waals surface area contributed by atoms with E-state index in [1.165, 1.54) is 4.57 Å². The number of nitrogens with zero attached hydrogens (tertiary/aromatic N) is 4. The number of nitrogens with one attached hydrogen (secondary N) is 1. The van der Waals surface area contributed by atoms with Gasteiger partial charge in [0.05, 0.1) is 16.3 Å². The highest BCUT2D eigenvalue weighted by molar-refractivity contribution is 7.99. The highest BCUT2D eigenvalue weighted by Crippen LogP contribution is 2.34. The largest absolute Gasteiger partial charge is 0.417 e. The lowest BCUT2D eigenvalue weighted by atomic mass is 10.2. The van der Waals surface area contributed by atoms with Crippen LogP contribution in [0.1, 0.15) is 5.56 Å². The number of hydrogen-bond donors (Lipinski definition) is 1. The minimum Gasteiger partial charge on any atom is -0.325 e. The topological polar surface area (TPSA) is 72.7 Å². The summed E-state index contributed by atoms with van der Waals surface area (Å²) in [6.45, 7) is 0. The molecule has 2 heterocycles. The molecule has 2 aromatic heterocycles. The van der Waals surface area contributed by atoms with Crippen LogP contribution in [0, 0.1) is 0 Å². The summed E-state index contributed by atoms with van der Waals surface area (Å²) in [6, 6.07) is 7.43. The molecule has 0 unspecified atom stereocenters. The monoisotopic (exact) mass is 461 g/mol. The van der Waals surface area contributed by atoms with Gasteiger partial charge in [0.1, 0.15) is 5.69 Å². The Balaban J connectivity index is 1.69. The van der Waals surface area contributed by atoms with Gasteiger partial charge in [-0.15, -0.1) is 10.2 Å². The molecule has 0 saturated heterocycles. The summed E-state index contributed by atoms with van der Waals surface area (Å²) in [5, 5.41) is 11.3. The number of benzene rings is 1. The first kappa shape index (κ1) is 21.4. The van der Waals surface area contributed by atoms with Crippen molar-refractivity contribution < 1.29 is 18.0 Å². The molecular weight excluding hydrogens is 450 g/mol. The number of thioether (sulfide) groups is 1. The smallest absolute Gasteiger partial charge is 0.325 e. The van der Waals surface area contributed by atoms with Crippen molar-refractivity contribution >= 4 is 46.6 Å². The average Bonchev–Trinajstić information content (AvgIpc) is 3.01. The lowest BCUT2D eigenvalue weighted by molar-refractivity contribution is -0.137. The van der Waals surface area contributed by atoms with E-state index in [-0.39, 0.29) is 28.2 Å². The first-order valence-corrected chi connectivity index (χ1v) is 9.70. The van der Waals surface area contributed by atoms with Gasteiger partial charge in [-0.05, 0) is 30.3 Å². The van der Waals surface area contributed by atoms with Crippen LogP contribution in [0.15, 0.2) is 41.7 Å². The molecule has 3 rings (SSSR count). The summed E-state index contributed by atoms with van der Waals surface area (Å²) < 4.78 is 39.8. The molecule has 0 aliphatic heterocycles.